The molecule has 1 N–H and O–H groups in total. The lowest BCUT2D eigenvalue weighted by Crippen LogP contribution is -2.32. The predicted octanol–water partition coefficient (Wildman–Crippen LogP) is 1.16. The highest BCUT2D eigenvalue weighted by atomic mass is 16.5. The first-order chi connectivity index (χ1) is 4.86. The number of methoxy groups -OCH3 is 1. The smallest absolute Gasteiger partial charge is 0.0572 e. The van der Waals surface area contributed by atoms with Crippen molar-refractivity contribution in [1.82, 2.24) is 5.32 Å². The molecule has 0 bridgehead atoms. The fraction of sp³-hybridized carbons (Fsp3) is 1.00. The summed E-state index contributed by atoms with van der Waals surface area (Å²) in [7, 11) is 3.85. The Morgan fingerprint density at radius 3 is 2.20 bits per heavy atom. The van der Waals surface area contributed by atoms with Gasteiger partial charge in [-0.05, 0) is 32.7 Å². The zero-order valence-electron chi connectivity index (χ0n) is 6.89. The van der Waals surface area contributed by atoms with Gasteiger partial charge in [-0.2, -0.15) is 0 Å². The summed E-state index contributed by atoms with van der Waals surface area (Å²) in [4.78, 5) is 0. The summed E-state index contributed by atoms with van der Waals surface area (Å²) in [5.41, 5.74) is 0. The van der Waals surface area contributed by atoms with Gasteiger partial charge in [-0.25, -0.2) is 0 Å². The highest BCUT2D eigenvalue weighted by molar-refractivity contribution is 4.75. The van der Waals surface area contributed by atoms with Crippen molar-refractivity contribution in [2.75, 3.05) is 14.2 Å². The van der Waals surface area contributed by atoms with E-state index in [4.69, 9.17) is 4.74 Å². The molecule has 1 fully saturated rings. The second-order valence-electron chi connectivity index (χ2n) is 3.00. The highest BCUT2D eigenvalue weighted by Gasteiger charge is 2.18. The zero-order valence-corrected chi connectivity index (χ0v) is 6.89. The van der Waals surface area contributed by atoms with Gasteiger partial charge in [-0.15, -0.1) is 0 Å². The van der Waals surface area contributed by atoms with Gasteiger partial charge in [0.25, 0.3) is 0 Å². The summed E-state index contributed by atoms with van der Waals surface area (Å²) in [6, 6.07) is 0.742. The SMILES string of the molecule is CNC1CCC(OC)CC1. The first-order valence-corrected chi connectivity index (χ1v) is 4.07. The van der Waals surface area contributed by atoms with Crippen LogP contribution in [-0.2, 0) is 4.74 Å². The van der Waals surface area contributed by atoms with Crippen molar-refractivity contribution in [3.8, 4) is 0 Å². The minimum Gasteiger partial charge on any atom is -0.381 e. The van der Waals surface area contributed by atoms with Gasteiger partial charge in [0.05, 0.1) is 6.10 Å². The van der Waals surface area contributed by atoms with E-state index in [1.165, 1.54) is 25.7 Å². The van der Waals surface area contributed by atoms with E-state index >= 15 is 0 Å². The maximum Gasteiger partial charge on any atom is 0.0572 e. The fourth-order valence-electron chi connectivity index (χ4n) is 1.59. The quantitative estimate of drug-likeness (QED) is 0.626. The van der Waals surface area contributed by atoms with E-state index in [9.17, 15) is 0 Å². The lowest BCUT2D eigenvalue weighted by molar-refractivity contribution is 0.0634. The predicted molar refractivity (Wildman–Crippen MR) is 42.1 cm³/mol. The molecule has 0 aliphatic heterocycles. The number of rotatable bonds is 2. The Morgan fingerprint density at radius 2 is 1.80 bits per heavy atom. The molecule has 0 atom stereocenters. The van der Waals surface area contributed by atoms with E-state index in [2.05, 4.69) is 5.32 Å². The summed E-state index contributed by atoms with van der Waals surface area (Å²) in [6.45, 7) is 0. The van der Waals surface area contributed by atoms with E-state index in [0.29, 0.717) is 6.10 Å². The van der Waals surface area contributed by atoms with Crippen LogP contribution in [-0.4, -0.2) is 26.3 Å². The third-order valence-corrected chi connectivity index (χ3v) is 2.42. The van der Waals surface area contributed by atoms with Gasteiger partial charge < -0.3 is 10.1 Å². The average Bonchev–Trinajstić information content (AvgIpc) is 2.05. The molecule has 0 unspecified atom stereocenters. The molecule has 1 rings (SSSR count). The molecular weight excluding hydrogens is 126 g/mol. The Labute approximate surface area is 63.0 Å². The Bertz CT molecular complexity index is 75.3. The molecule has 0 aromatic carbocycles. The number of hydrogen-bond donors (Lipinski definition) is 1. The summed E-state index contributed by atoms with van der Waals surface area (Å²) in [5.74, 6) is 0. The Hall–Kier alpha value is -0.0800. The first-order valence-electron chi connectivity index (χ1n) is 4.07. The van der Waals surface area contributed by atoms with Gasteiger partial charge >= 0.3 is 0 Å². The molecule has 1 aliphatic rings. The minimum absolute atomic E-state index is 0.532. The molecule has 10 heavy (non-hydrogen) atoms. The maximum absolute atomic E-state index is 5.26. The molecule has 0 spiro atoms. The molecule has 0 radical (unpaired) electrons. The van der Waals surface area contributed by atoms with Crippen molar-refractivity contribution in [2.24, 2.45) is 0 Å². The minimum atomic E-state index is 0.532. The van der Waals surface area contributed by atoms with Gasteiger partial charge in [0.1, 0.15) is 0 Å². The van der Waals surface area contributed by atoms with Gasteiger partial charge in [0, 0.05) is 13.2 Å². The lowest BCUT2D eigenvalue weighted by Gasteiger charge is -2.26. The Morgan fingerprint density at radius 1 is 1.20 bits per heavy atom. The maximum atomic E-state index is 5.26. The van der Waals surface area contributed by atoms with Crippen LogP contribution in [0.15, 0.2) is 0 Å². The second kappa shape index (κ2) is 3.94. The molecule has 0 aromatic rings. The van der Waals surface area contributed by atoms with E-state index in [1.54, 1.807) is 0 Å². The van der Waals surface area contributed by atoms with Crippen molar-refractivity contribution in [2.45, 2.75) is 37.8 Å². The van der Waals surface area contributed by atoms with Crippen LogP contribution < -0.4 is 5.32 Å². The molecular formula is C8H17NO. The molecule has 0 amide bonds. The lowest BCUT2D eigenvalue weighted by atomic mass is 9.93. The van der Waals surface area contributed by atoms with Crippen molar-refractivity contribution < 1.29 is 4.74 Å². The van der Waals surface area contributed by atoms with E-state index in [-0.39, 0.29) is 0 Å². The first kappa shape index (κ1) is 8.02. The summed E-state index contributed by atoms with van der Waals surface area (Å²) in [5, 5.41) is 3.29. The highest BCUT2D eigenvalue weighted by Crippen LogP contribution is 2.19. The summed E-state index contributed by atoms with van der Waals surface area (Å²) in [6.07, 6.45) is 5.53. The second-order valence-corrected chi connectivity index (χ2v) is 3.00. The van der Waals surface area contributed by atoms with Crippen molar-refractivity contribution in [3.05, 3.63) is 0 Å². The van der Waals surface area contributed by atoms with Crippen LogP contribution in [0, 0.1) is 0 Å². The van der Waals surface area contributed by atoms with Crippen LogP contribution in [0.4, 0.5) is 0 Å². The number of nitrogens with one attached hydrogen (secondary N) is 1. The summed E-state index contributed by atoms with van der Waals surface area (Å²) >= 11 is 0. The fourth-order valence-corrected chi connectivity index (χ4v) is 1.59. The number of hydrogen-bond acceptors (Lipinski definition) is 2. The molecule has 2 nitrogen and oxygen atoms in total. The van der Waals surface area contributed by atoms with Crippen molar-refractivity contribution in [1.29, 1.82) is 0 Å². The van der Waals surface area contributed by atoms with Crippen LogP contribution in [0.2, 0.25) is 0 Å². The van der Waals surface area contributed by atoms with Crippen molar-refractivity contribution in [3.63, 3.8) is 0 Å². The van der Waals surface area contributed by atoms with E-state index in [1.807, 2.05) is 14.2 Å². The average molecular weight is 143 g/mol. The third-order valence-electron chi connectivity index (χ3n) is 2.42. The Balaban J connectivity index is 2.17. The topological polar surface area (TPSA) is 21.3 Å². The normalized spacial score (nSPS) is 34.2. The van der Waals surface area contributed by atoms with Gasteiger partial charge in [0.2, 0.25) is 0 Å². The van der Waals surface area contributed by atoms with E-state index < -0.39 is 0 Å². The summed E-state index contributed by atoms with van der Waals surface area (Å²) < 4.78 is 5.26. The molecule has 0 saturated heterocycles. The molecule has 60 valence electrons. The van der Waals surface area contributed by atoms with Gasteiger partial charge in [-0.3, -0.25) is 0 Å². The standard InChI is InChI=1S/C8H17NO/c1-9-7-3-5-8(10-2)6-4-7/h7-9H,3-6H2,1-2H3. The largest absolute Gasteiger partial charge is 0.381 e. The van der Waals surface area contributed by atoms with Crippen LogP contribution in [0.3, 0.4) is 0 Å². The molecule has 0 aromatic heterocycles. The molecule has 2 heteroatoms. The van der Waals surface area contributed by atoms with Crippen molar-refractivity contribution >= 4 is 0 Å². The van der Waals surface area contributed by atoms with Crippen LogP contribution in [0.1, 0.15) is 25.7 Å². The van der Waals surface area contributed by atoms with E-state index in [0.717, 1.165) is 6.04 Å². The van der Waals surface area contributed by atoms with Gasteiger partial charge in [-0.1, -0.05) is 0 Å². The van der Waals surface area contributed by atoms with Crippen LogP contribution in [0.25, 0.3) is 0 Å². The van der Waals surface area contributed by atoms with Crippen LogP contribution in [0.5, 0.6) is 0 Å². The molecule has 0 heterocycles. The Kier molecular flexibility index (Phi) is 3.16. The van der Waals surface area contributed by atoms with Crippen LogP contribution >= 0.6 is 0 Å². The molecule has 1 saturated carbocycles. The third kappa shape index (κ3) is 1.96. The zero-order chi connectivity index (χ0) is 7.40. The van der Waals surface area contributed by atoms with Gasteiger partial charge in [0.15, 0.2) is 0 Å². The molecule has 1 aliphatic carbocycles. The number of ether oxygens (including phenoxy) is 1. The monoisotopic (exact) mass is 143 g/mol.